The van der Waals surface area contributed by atoms with Crippen LogP contribution in [0.4, 0.5) is 11.4 Å². The van der Waals surface area contributed by atoms with Gasteiger partial charge in [0.1, 0.15) is 0 Å². The Morgan fingerprint density at radius 2 is 0.732 bits per heavy atom. The lowest BCUT2D eigenvalue weighted by atomic mass is 9.96. The van der Waals surface area contributed by atoms with E-state index in [0.717, 1.165) is 37.1 Å². The topological polar surface area (TPSA) is 52.0 Å². The molecule has 2 heteroatoms. The molecule has 0 saturated heterocycles. The lowest BCUT2D eigenvalue weighted by Gasteiger charge is -2.10. The van der Waals surface area contributed by atoms with Crippen molar-refractivity contribution in [3.05, 3.63) is 129 Å². The van der Waals surface area contributed by atoms with Gasteiger partial charge in [-0.05, 0) is 120 Å². The summed E-state index contributed by atoms with van der Waals surface area (Å²) in [5.74, 6) is 0. The van der Waals surface area contributed by atoms with Crippen molar-refractivity contribution in [1.82, 2.24) is 0 Å². The van der Waals surface area contributed by atoms with Gasteiger partial charge in [0.05, 0.1) is 0 Å². The quantitative estimate of drug-likeness (QED) is 0.109. The van der Waals surface area contributed by atoms with Crippen LogP contribution in [0.5, 0.6) is 0 Å². The van der Waals surface area contributed by atoms with Crippen molar-refractivity contribution >= 4 is 11.4 Å². The second-order valence-corrected chi connectivity index (χ2v) is 11.7. The monoisotopic (exact) mass is 546 g/mol. The molecular formula is C39H50N2. The average Bonchev–Trinajstić information content (AvgIpc) is 2.99. The first-order chi connectivity index (χ1) is 20.0. The molecule has 0 amide bonds. The van der Waals surface area contributed by atoms with Gasteiger partial charge >= 0.3 is 0 Å². The molecule has 0 bridgehead atoms. The summed E-state index contributed by atoms with van der Waals surface area (Å²) in [6.45, 7) is 4.40. The third-order valence-corrected chi connectivity index (χ3v) is 8.49. The molecule has 41 heavy (non-hydrogen) atoms. The summed E-state index contributed by atoms with van der Waals surface area (Å²) in [4.78, 5) is 0. The Morgan fingerprint density at radius 3 is 1.10 bits per heavy atom. The average molecular weight is 547 g/mol. The van der Waals surface area contributed by atoms with Crippen LogP contribution in [0.1, 0.15) is 103 Å². The van der Waals surface area contributed by atoms with Gasteiger partial charge in [-0.3, -0.25) is 0 Å². The SMILES string of the molecule is CCc1cc(N)ccc1Cc1ccc(CCCCCCCCCc2ccc(Cc3ccc(N)cc3CC)cc2)cc1. The van der Waals surface area contributed by atoms with Gasteiger partial charge in [-0.15, -0.1) is 0 Å². The highest BCUT2D eigenvalue weighted by atomic mass is 14.5. The third kappa shape index (κ3) is 9.81. The van der Waals surface area contributed by atoms with Crippen molar-refractivity contribution < 1.29 is 0 Å². The molecular weight excluding hydrogens is 496 g/mol. The Morgan fingerprint density at radius 1 is 0.390 bits per heavy atom. The third-order valence-electron chi connectivity index (χ3n) is 8.49. The van der Waals surface area contributed by atoms with Crippen molar-refractivity contribution in [2.24, 2.45) is 0 Å². The molecule has 2 nitrogen and oxygen atoms in total. The lowest BCUT2D eigenvalue weighted by Crippen LogP contribution is -1.97. The fourth-order valence-corrected chi connectivity index (χ4v) is 5.92. The molecule has 0 saturated carbocycles. The zero-order chi connectivity index (χ0) is 28.9. The Labute approximate surface area is 249 Å². The van der Waals surface area contributed by atoms with Crippen LogP contribution < -0.4 is 11.5 Å². The van der Waals surface area contributed by atoms with Gasteiger partial charge in [-0.2, -0.15) is 0 Å². The molecule has 0 spiro atoms. The van der Waals surface area contributed by atoms with E-state index < -0.39 is 0 Å². The molecule has 0 fully saturated rings. The van der Waals surface area contributed by atoms with Gasteiger partial charge in [0.15, 0.2) is 0 Å². The number of hydrogen-bond acceptors (Lipinski definition) is 2. The van der Waals surface area contributed by atoms with Crippen molar-refractivity contribution in [3.8, 4) is 0 Å². The van der Waals surface area contributed by atoms with E-state index in [1.54, 1.807) is 0 Å². The molecule has 0 aliphatic carbocycles. The maximum Gasteiger partial charge on any atom is 0.0316 e. The highest BCUT2D eigenvalue weighted by Gasteiger charge is 2.05. The number of benzene rings is 4. The molecule has 0 radical (unpaired) electrons. The first-order valence-electron chi connectivity index (χ1n) is 15.9. The summed E-state index contributed by atoms with van der Waals surface area (Å²) in [5, 5.41) is 0. The summed E-state index contributed by atoms with van der Waals surface area (Å²) in [7, 11) is 0. The number of unbranched alkanes of at least 4 members (excludes halogenated alkanes) is 6. The normalized spacial score (nSPS) is 11.2. The first-order valence-corrected chi connectivity index (χ1v) is 15.9. The van der Waals surface area contributed by atoms with E-state index in [9.17, 15) is 0 Å². The highest BCUT2D eigenvalue weighted by Crippen LogP contribution is 2.21. The Balaban J connectivity index is 1.06. The van der Waals surface area contributed by atoms with Gasteiger partial charge < -0.3 is 11.5 Å². The lowest BCUT2D eigenvalue weighted by molar-refractivity contribution is 0.579. The number of anilines is 2. The van der Waals surface area contributed by atoms with Gasteiger partial charge in [-0.25, -0.2) is 0 Å². The fraction of sp³-hybridized carbons (Fsp3) is 0.385. The van der Waals surface area contributed by atoms with Gasteiger partial charge in [0, 0.05) is 11.4 Å². The van der Waals surface area contributed by atoms with Gasteiger partial charge in [0.2, 0.25) is 0 Å². The van der Waals surface area contributed by atoms with Crippen LogP contribution in [0.25, 0.3) is 0 Å². The summed E-state index contributed by atoms with van der Waals surface area (Å²) < 4.78 is 0. The summed E-state index contributed by atoms with van der Waals surface area (Å²) in [5.41, 5.74) is 24.9. The summed E-state index contributed by atoms with van der Waals surface area (Å²) >= 11 is 0. The summed E-state index contributed by atoms with van der Waals surface area (Å²) in [6.07, 6.45) is 15.7. The first kappa shape index (κ1) is 30.4. The standard InChI is InChI=1S/C39H50N2/c1-3-34-28-38(40)24-22-36(34)26-32-18-14-30(15-19-32)12-10-8-6-5-7-9-11-13-31-16-20-33(21-17-31)27-37-23-25-39(41)29-35(37)4-2/h14-25,28-29H,3-13,26-27,40-41H2,1-2H3. The van der Waals surface area contributed by atoms with Crippen LogP contribution in [0, 0.1) is 0 Å². The number of nitrogens with two attached hydrogens (primary N) is 2. The van der Waals surface area contributed by atoms with Crippen molar-refractivity contribution in [3.63, 3.8) is 0 Å². The fourth-order valence-electron chi connectivity index (χ4n) is 5.92. The van der Waals surface area contributed by atoms with E-state index in [-0.39, 0.29) is 0 Å². The molecule has 216 valence electrons. The number of aryl methyl sites for hydroxylation is 4. The number of nitrogen functional groups attached to an aromatic ring is 2. The molecule has 4 rings (SSSR count). The molecule has 0 aliphatic rings. The zero-order valence-electron chi connectivity index (χ0n) is 25.4. The van der Waals surface area contributed by atoms with Crippen molar-refractivity contribution in [1.29, 1.82) is 0 Å². The van der Waals surface area contributed by atoms with Crippen LogP contribution in [0.15, 0.2) is 84.9 Å². The Kier molecular flexibility index (Phi) is 11.9. The van der Waals surface area contributed by atoms with Crippen LogP contribution in [0.3, 0.4) is 0 Å². The van der Waals surface area contributed by atoms with E-state index in [1.165, 1.54) is 102 Å². The second kappa shape index (κ2) is 16.1. The van der Waals surface area contributed by atoms with E-state index >= 15 is 0 Å². The van der Waals surface area contributed by atoms with E-state index in [2.05, 4.69) is 86.6 Å². The molecule has 0 heterocycles. The molecule has 0 atom stereocenters. The van der Waals surface area contributed by atoms with Gasteiger partial charge in [-0.1, -0.05) is 107 Å². The minimum absolute atomic E-state index is 0.860. The minimum atomic E-state index is 0.860. The Hall–Kier alpha value is -3.52. The van der Waals surface area contributed by atoms with E-state index in [0.29, 0.717) is 0 Å². The molecule has 0 aromatic heterocycles. The maximum atomic E-state index is 5.97. The van der Waals surface area contributed by atoms with Crippen molar-refractivity contribution in [2.45, 2.75) is 97.3 Å². The summed E-state index contributed by atoms with van der Waals surface area (Å²) in [6, 6.07) is 31.2. The van der Waals surface area contributed by atoms with Gasteiger partial charge in [0.25, 0.3) is 0 Å². The van der Waals surface area contributed by atoms with Crippen LogP contribution in [-0.2, 0) is 38.5 Å². The molecule has 4 aromatic rings. The predicted molar refractivity (Wildman–Crippen MR) is 179 cm³/mol. The molecule has 4 aromatic carbocycles. The van der Waals surface area contributed by atoms with Crippen LogP contribution in [0.2, 0.25) is 0 Å². The molecule has 0 aliphatic heterocycles. The zero-order valence-corrected chi connectivity index (χ0v) is 25.4. The van der Waals surface area contributed by atoms with E-state index in [4.69, 9.17) is 11.5 Å². The molecule has 4 N–H and O–H groups in total. The van der Waals surface area contributed by atoms with Crippen LogP contribution >= 0.6 is 0 Å². The van der Waals surface area contributed by atoms with Crippen LogP contribution in [-0.4, -0.2) is 0 Å². The predicted octanol–water partition coefficient (Wildman–Crippen LogP) is 9.67. The maximum absolute atomic E-state index is 5.97. The number of hydrogen-bond donors (Lipinski definition) is 2. The highest BCUT2D eigenvalue weighted by molar-refractivity contribution is 5.47. The largest absolute Gasteiger partial charge is 0.399 e. The number of rotatable bonds is 16. The molecule has 0 unspecified atom stereocenters. The Bertz CT molecular complexity index is 1230. The smallest absolute Gasteiger partial charge is 0.0316 e. The second-order valence-electron chi connectivity index (χ2n) is 11.7. The minimum Gasteiger partial charge on any atom is -0.399 e. The van der Waals surface area contributed by atoms with E-state index in [1.807, 2.05) is 12.1 Å². The van der Waals surface area contributed by atoms with Crippen molar-refractivity contribution in [2.75, 3.05) is 11.5 Å².